The maximum Gasteiger partial charge on any atom is 0.335 e. The highest BCUT2D eigenvalue weighted by atomic mass is 35.5. The number of benzene rings is 2. The van der Waals surface area contributed by atoms with Gasteiger partial charge < -0.3 is 10.4 Å². The number of anilines is 1. The van der Waals surface area contributed by atoms with Crippen molar-refractivity contribution in [2.45, 2.75) is 0 Å². The van der Waals surface area contributed by atoms with Crippen LogP contribution in [0.3, 0.4) is 0 Å². The first-order valence-electron chi connectivity index (χ1n) is 5.68. The zero-order valence-corrected chi connectivity index (χ0v) is 11.1. The third-order valence-electron chi connectivity index (χ3n) is 2.66. The van der Waals surface area contributed by atoms with Crippen LogP contribution in [0.5, 0.6) is 0 Å². The van der Waals surface area contributed by atoms with Crippen molar-refractivity contribution in [3.63, 3.8) is 0 Å². The first kappa shape index (κ1) is 14.9. The SMILES string of the molecule is O=C(O)c1ccc(F)c(NC(=O)c2cccc(Cl)c2F)c1. The van der Waals surface area contributed by atoms with Crippen LogP contribution in [-0.4, -0.2) is 17.0 Å². The van der Waals surface area contributed by atoms with E-state index in [0.717, 1.165) is 18.2 Å². The number of halogens is 3. The molecule has 0 spiro atoms. The van der Waals surface area contributed by atoms with Gasteiger partial charge in [0.25, 0.3) is 5.91 Å². The second-order valence-electron chi connectivity index (χ2n) is 4.06. The van der Waals surface area contributed by atoms with Gasteiger partial charge in [-0.15, -0.1) is 0 Å². The highest BCUT2D eigenvalue weighted by Gasteiger charge is 2.16. The summed E-state index contributed by atoms with van der Waals surface area (Å²) in [5.41, 5.74) is -0.944. The second kappa shape index (κ2) is 5.88. The molecule has 0 aliphatic heterocycles. The smallest absolute Gasteiger partial charge is 0.335 e. The molecule has 0 bridgehead atoms. The van der Waals surface area contributed by atoms with Crippen LogP contribution in [0.2, 0.25) is 5.02 Å². The Kier molecular flexibility index (Phi) is 4.18. The van der Waals surface area contributed by atoms with E-state index in [0.29, 0.717) is 0 Å². The van der Waals surface area contributed by atoms with Gasteiger partial charge >= 0.3 is 5.97 Å². The fourth-order valence-electron chi connectivity index (χ4n) is 1.62. The van der Waals surface area contributed by atoms with E-state index in [1.807, 2.05) is 0 Å². The Balaban J connectivity index is 2.33. The summed E-state index contributed by atoms with van der Waals surface area (Å²) in [6.45, 7) is 0. The number of hydrogen-bond acceptors (Lipinski definition) is 2. The minimum absolute atomic E-state index is 0.210. The van der Waals surface area contributed by atoms with Gasteiger partial charge in [0.05, 0.1) is 21.8 Å². The minimum atomic E-state index is -1.28. The Bertz CT molecular complexity index is 734. The van der Waals surface area contributed by atoms with Gasteiger partial charge in [0.2, 0.25) is 0 Å². The molecule has 21 heavy (non-hydrogen) atoms. The number of carboxylic acids is 1. The predicted octanol–water partition coefficient (Wildman–Crippen LogP) is 3.57. The van der Waals surface area contributed by atoms with E-state index in [-0.39, 0.29) is 21.8 Å². The zero-order chi connectivity index (χ0) is 15.6. The van der Waals surface area contributed by atoms with Gasteiger partial charge in [0, 0.05) is 0 Å². The number of aromatic carboxylic acids is 1. The van der Waals surface area contributed by atoms with Crippen molar-refractivity contribution < 1.29 is 23.5 Å². The molecule has 7 heteroatoms. The van der Waals surface area contributed by atoms with Crippen molar-refractivity contribution in [1.82, 2.24) is 0 Å². The molecule has 4 nitrogen and oxygen atoms in total. The molecule has 1 amide bonds. The number of carboxylic acid groups (broad SMARTS) is 1. The van der Waals surface area contributed by atoms with Crippen molar-refractivity contribution >= 4 is 29.2 Å². The molecule has 0 radical (unpaired) electrons. The van der Waals surface area contributed by atoms with Gasteiger partial charge in [0.15, 0.2) is 5.82 Å². The van der Waals surface area contributed by atoms with Gasteiger partial charge in [-0.3, -0.25) is 4.79 Å². The molecule has 0 aromatic heterocycles. The Labute approximate surface area is 123 Å². The molecule has 0 aliphatic rings. The number of nitrogens with one attached hydrogen (secondary N) is 1. The van der Waals surface area contributed by atoms with Crippen molar-refractivity contribution in [3.05, 3.63) is 64.2 Å². The zero-order valence-electron chi connectivity index (χ0n) is 10.4. The van der Waals surface area contributed by atoms with Gasteiger partial charge in [-0.2, -0.15) is 0 Å². The van der Waals surface area contributed by atoms with E-state index in [1.165, 1.54) is 18.2 Å². The van der Waals surface area contributed by atoms with Gasteiger partial charge in [-0.1, -0.05) is 17.7 Å². The van der Waals surface area contributed by atoms with Crippen LogP contribution in [0.1, 0.15) is 20.7 Å². The first-order chi connectivity index (χ1) is 9.90. The van der Waals surface area contributed by atoms with Crippen molar-refractivity contribution in [2.24, 2.45) is 0 Å². The fraction of sp³-hybridized carbons (Fsp3) is 0. The fourth-order valence-corrected chi connectivity index (χ4v) is 1.80. The van der Waals surface area contributed by atoms with E-state index in [2.05, 4.69) is 5.32 Å². The molecule has 2 N–H and O–H groups in total. The van der Waals surface area contributed by atoms with Crippen LogP contribution in [0.25, 0.3) is 0 Å². The average molecular weight is 312 g/mol. The largest absolute Gasteiger partial charge is 0.478 e. The molecule has 0 unspecified atom stereocenters. The monoisotopic (exact) mass is 311 g/mol. The summed E-state index contributed by atoms with van der Waals surface area (Å²) >= 11 is 5.55. The van der Waals surface area contributed by atoms with E-state index < -0.39 is 23.5 Å². The molecule has 108 valence electrons. The summed E-state index contributed by atoms with van der Waals surface area (Å²) in [5.74, 6) is -3.99. The Morgan fingerprint density at radius 2 is 1.86 bits per heavy atom. The number of carbonyl (C=O) groups is 2. The maximum atomic E-state index is 13.7. The van der Waals surface area contributed by atoms with Crippen molar-refractivity contribution in [2.75, 3.05) is 5.32 Å². The lowest BCUT2D eigenvalue weighted by atomic mass is 10.1. The predicted molar refractivity (Wildman–Crippen MR) is 72.7 cm³/mol. The maximum absolute atomic E-state index is 13.7. The lowest BCUT2D eigenvalue weighted by Gasteiger charge is -2.08. The first-order valence-corrected chi connectivity index (χ1v) is 6.06. The van der Waals surface area contributed by atoms with Crippen LogP contribution in [0, 0.1) is 11.6 Å². The highest BCUT2D eigenvalue weighted by Crippen LogP contribution is 2.21. The summed E-state index contributed by atoms with van der Waals surface area (Å²) in [6, 6.07) is 6.69. The van der Waals surface area contributed by atoms with Gasteiger partial charge in [0.1, 0.15) is 5.82 Å². The van der Waals surface area contributed by atoms with E-state index in [4.69, 9.17) is 16.7 Å². The van der Waals surface area contributed by atoms with Crippen LogP contribution < -0.4 is 5.32 Å². The van der Waals surface area contributed by atoms with Crippen LogP contribution in [-0.2, 0) is 0 Å². The van der Waals surface area contributed by atoms with E-state index in [9.17, 15) is 18.4 Å². The van der Waals surface area contributed by atoms with Crippen LogP contribution >= 0.6 is 11.6 Å². The summed E-state index contributed by atoms with van der Waals surface area (Å²) in [7, 11) is 0. The molecule has 0 atom stereocenters. The Hall–Kier alpha value is -2.47. The van der Waals surface area contributed by atoms with Crippen LogP contribution in [0.15, 0.2) is 36.4 Å². The average Bonchev–Trinajstić information content (AvgIpc) is 2.43. The lowest BCUT2D eigenvalue weighted by Crippen LogP contribution is -2.15. The lowest BCUT2D eigenvalue weighted by molar-refractivity contribution is 0.0696. The topological polar surface area (TPSA) is 66.4 Å². The molecule has 2 aromatic rings. The second-order valence-corrected chi connectivity index (χ2v) is 4.46. The molecule has 0 fully saturated rings. The third-order valence-corrected chi connectivity index (χ3v) is 2.95. The van der Waals surface area contributed by atoms with Crippen molar-refractivity contribution in [3.8, 4) is 0 Å². The number of carbonyl (C=O) groups excluding carboxylic acids is 1. The third kappa shape index (κ3) is 3.17. The Morgan fingerprint density at radius 3 is 2.52 bits per heavy atom. The molecule has 0 heterocycles. The quantitative estimate of drug-likeness (QED) is 0.910. The molecular formula is C14H8ClF2NO3. The summed E-state index contributed by atoms with van der Waals surface area (Å²) in [4.78, 5) is 22.7. The molecule has 2 aromatic carbocycles. The molecule has 2 rings (SSSR count). The van der Waals surface area contributed by atoms with E-state index in [1.54, 1.807) is 0 Å². The highest BCUT2D eigenvalue weighted by molar-refractivity contribution is 6.31. The Morgan fingerprint density at radius 1 is 1.14 bits per heavy atom. The van der Waals surface area contributed by atoms with Crippen LogP contribution in [0.4, 0.5) is 14.5 Å². The summed E-state index contributed by atoms with van der Waals surface area (Å²) in [5, 5.41) is 10.7. The number of amides is 1. The standard InChI is InChI=1S/C14H8ClF2NO3/c15-9-3-1-2-8(12(9)17)13(19)18-11-6-7(14(20)21)4-5-10(11)16/h1-6H,(H,18,19)(H,20,21). The van der Waals surface area contributed by atoms with Crippen molar-refractivity contribution in [1.29, 1.82) is 0 Å². The normalized spacial score (nSPS) is 10.2. The van der Waals surface area contributed by atoms with Gasteiger partial charge in [-0.25, -0.2) is 13.6 Å². The number of hydrogen-bond donors (Lipinski definition) is 2. The molecular weight excluding hydrogens is 304 g/mol. The molecule has 0 saturated heterocycles. The minimum Gasteiger partial charge on any atom is -0.478 e. The summed E-state index contributed by atoms with van der Waals surface area (Å²) < 4.78 is 27.2. The molecule has 0 aliphatic carbocycles. The van der Waals surface area contributed by atoms with E-state index >= 15 is 0 Å². The number of rotatable bonds is 3. The molecule has 0 saturated carbocycles. The summed E-state index contributed by atoms with van der Waals surface area (Å²) in [6.07, 6.45) is 0. The van der Waals surface area contributed by atoms with Gasteiger partial charge in [-0.05, 0) is 30.3 Å².